The molecule has 8 nitrogen and oxygen atoms in total. The van der Waals surface area contributed by atoms with Gasteiger partial charge in [0.05, 0.1) is 36.2 Å². The molecule has 0 unspecified atom stereocenters. The number of nitriles is 1. The van der Waals surface area contributed by atoms with Gasteiger partial charge in [0.1, 0.15) is 17.6 Å². The lowest BCUT2D eigenvalue weighted by Gasteiger charge is -2.11. The number of benzene rings is 2. The second-order valence-corrected chi connectivity index (χ2v) is 9.73. The number of aryl methyl sites for hydroxylation is 2. The van der Waals surface area contributed by atoms with Crippen molar-refractivity contribution < 1.29 is 9.47 Å². The fourth-order valence-corrected chi connectivity index (χ4v) is 5.20. The van der Waals surface area contributed by atoms with Crippen molar-refractivity contribution in [2.24, 2.45) is 0 Å². The number of thiophene rings is 1. The molecule has 2 aromatic carbocycles. The Morgan fingerprint density at radius 1 is 1.08 bits per heavy atom. The molecule has 0 amide bonds. The lowest BCUT2D eigenvalue weighted by molar-refractivity contribution is 0.302. The quantitative estimate of drug-likeness (QED) is 0.210. The van der Waals surface area contributed by atoms with E-state index in [1.54, 1.807) is 37.2 Å². The highest BCUT2D eigenvalue weighted by molar-refractivity contribution is 7.16. The molecule has 0 aliphatic heterocycles. The first-order valence-corrected chi connectivity index (χ1v) is 12.9. The number of hydrogen-bond acceptors (Lipinski definition) is 8. The summed E-state index contributed by atoms with van der Waals surface area (Å²) >= 11 is 1.55. The molecule has 0 bridgehead atoms. The third kappa shape index (κ3) is 5.66. The van der Waals surface area contributed by atoms with Gasteiger partial charge in [-0.25, -0.2) is 15.0 Å². The minimum Gasteiger partial charge on any atom is -0.497 e. The van der Waals surface area contributed by atoms with Gasteiger partial charge in [0.2, 0.25) is 5.95 Å². The molecule has 9 heteroatoms. The van der Waals surface area contributed by atoms with Gasteiger partial charge in [0.25, 0.3) is 0 Å². The number of rotatable bonds is 10. The molecule has 5 rings (SSSR count). The molecule has 190 valence electrons. The van der Waals surface area contributed by atoms with Crippen LogP contribution in [0.5, 0.6) is 11.5 Å². The van der Waals surface area contributed by atoms with Gasteiger partial charge in [-0.1, -0.05) is 18.2 Å². The molecule has 0 spiro atoms. The van der Waals surface area contributed by atoms with Gasteiger partial charge >= 0.3 is 0 Å². The second kappa shape index (κ2) is 11.6. The smallest absolute Gasteiger partial charge is 0.227 e. The van der Waals surface area contributed by atoms with Crippen molar-refractivity contribution >= 4 is 23.0 Å². The summed E-state index contributed by atoms with van der Waals surface area (Å²) in [6.07, 6.45) is 8.11. The van der Waals surface area contributed by atoms with Crippen molar-refractivity contribution in [3.05, 3.63) is 90.0 Å². The van der Waals surface area contributed by atoms with Gasteiger partial charge in [0.15, 0.2) is 0 Å². The van der Waals surface area contributed by atoms with Crippen LogP contribution in [0.2, 0.25) is 0 Å². The van der Waals surface area contributed by atoms with E-state index in [4.69, 9.17) is 14.5 Å². The van der Waals surface area contributed by atoms with E-state index in [-0.39, 0.29) is 0 Å². The number of ether oxygens (including phenoxy) is 2. The second-order valence-electron chi connectivity index (χ2n) is 8.50. The summed E-state index contributed by atoms with van der Waals surface area (Å²) in [6.45, 7) is 3.41. The van der Waals surface area contributed by atoms with Crippen LogP contribution in [0.3, 0.4) is 0 Å². The molecule has 0 fully saturated rings. The Balaban J connectivity index is 1.35. The summed E-state index contributed by atoms with van der Waals surface area (Å²) in [5.41, 5.74) is 3.96. The van der Waals surface area contributed by atoms with Gasteiger partial charge < -0.3 is 19.4 Å². The number of anilines is 2. The van der Waals surface area contributed by atoms with Crippen molar-refractivity contribution in [3.8, 4) is 39.3 Å². The first-order chi connectivity index (χ1) is 18.6. The molecule has 0 saturated heterocycles. The van der Waals surface area contributed by atoms with E-state index in [0.717, 1.165) is 56.7 Å². The van der Waals surface area contributed by atoms with Gasteiger partial charge in [-0.05, 0) is 49.2 Å². The number of nitrogens with one attached hydrogen (secondary N) is 1. The highest BCUT2D eigenvalue weighted by atomic mass is 32.1. The van der Waals surface area contributed by atoms with Crippen LogP contribution < -0.4 is 14.8 Å². The predicted octanol–water partition coefficient (Wildman–Crippen LogP) is 6.47. The average Bonchev–Trinajstić information content (AvgIpc) is 3.59. The van der Waals surface area contributed by atoms with Crippen LogP contribution in [-0.4, -0.2) is 33.2 Å². The monoisotopic (exact) mass is 522 g/mol. The van der Waals surface area contributed by atoms with Gasteiger partial charge in [-0.15, -0.1) is 11.3 Å². The third-order valence-corrected chi connectivity index (χ3v) is 7.05. The number of nitrogens with zero attached hydrogens (tertiary/aromatic N) is 5. The molecule has 0 atom stereocenters. The van der Waals surface area contributed by atoms with Gasteiger partial charge in [-0.3, -0.25) is 0 Å². The van der Waals surface area contributed by atoms with Crippen LogP contribution >= 0.6 is 11.3 Å². The fraction of sp³-hybridized carbons (Fsp3) is 0.172. The molecule has 1 N–H and O–H groups in total. The zero-order chi connectivity index (χ0) is 26.3. The minimum atomic E-state index is 0.459. The molecule has 5 aromatic rings. The van der Waals surface area contributed by atoms with E-state index in [2.05, 4.69) is 21.4 Å². The first-order valence-electron chi connectivity index (χ1n) is 12.1. The number of aromatic nitrogens is 4. The van der Waals surface area contributed by atoms with Gasteiger partial charge in [0, 0.05) is 47.3 Å². The highest BCUT2D eigenvalue weighted by Gasteiger charge is 2.20. The fourth-order valence-electron chi connectivity index (χ4n) is 4.11. The van der Waals surface area contributed by atoms with Crippen LogP contribution in [-0.2, 0) is 6.54 Å². The third-order valence-electron chi connectivity index (χ3n) is 5.92. The number of methoxy groups -OCH3 is 1. The van der Waals surface area contributed by atoms with Crippen molar-refractivity contribution in [2.75, 3.05) is 19.0 Å². The summed E-state index contributed by atoms with van der Waals surface area (Å²) in [7, 11) is 1.63. The Hall–Kier alpha value is -4.68. The van der Waals surface area contributed by atoms with Crippen molar-refractivity contribution in [2.45, 2.75) is 19.9 Å². The number of imidazole rings is 1. The van der Waals surface area contributed by atoms with E-state index in [0.29, 0.717) is 18.1 Å². The van der Waals surface area contributed by atoms with E-state index in [9.17, 15) is 5.26 Å². The number of hydrogen-bond donors (Lipinski definition) is 1. The Morgan fingerprint density at radius 3 is 2.76 bits per heavy atom. The van der Waals surface area contributed by atoms with Crippen LogP contribution in [0.25, 0.3) is 21.7 Å². The minimum absolute atomic E-state index is 0.459. The van der Waals surface area contributed by atoms with E-state index in [1.165, 1.54) is 0 Å². The van der Waals surface area contributed by atoms with Crippen LogP contribution in [0.4, 0.5) is 11.6 Å². The maximum Gasteiger partial charge on any atom is 0.227 e. The summed E-state index contributed by atoms with van der Waals surface area (Å²) in [6, 6.07) is 19.7. The lowest BCUT2D eigenvalue weighted by Crippen LogP contribution is -2.03. The van der Waals surface area contributed by atoms with E-state index in [1.807, 2.05) is 72.3 Å². The molecule has 0 aliphatic rings. The summed E-state index contributed by atoms with van der Waals surface area (Å²) in [5.74, 6) is 1.96. The molecule has 0 radical (unpaired) electrons. The molecule has 0 aliphatic carbocycles. The van der Waals surface area contributed by atoms with Crippen molar-refractivity contribution in [1.29, 1.82) is 5.26 Å². The van der Waals surface area contributed by atoms with Crippen LogP contribution in [0.1, 0.15) is 16.9 Å². The molecule has 3 aromatic heterocycles. The normalized spacial score (nSPS) is 10.7. The van der Waals surface area contributed by atoms with Crippen LogP contribution in [0.15, 0.2) is 79.5 Å². The van der Waals surface area contributed by atoms with Crippen LogP contribution in [0, 0.1) is 18.3 Å². The Bertz CT molecular complexity index is 1570. The molecule has 0 saturated carbocycles. The summed E-state index contributed by atoms with van der Waals surface area (Å²) in [5, 5.41) is 13.2. The molecular weight excluding hydrogens is 496 g/mol. The van der Waals surface area contributed by atoms with Gasteiger partial charge in [-0.2, -0.15) is 5.26 Å². The topological polar surface area (TPSA) is 97.9 Å². The van der Waals surface area contributed by atoms with E-state index < -0.39 is 0 Å². The molecule has 3 heterocycles. The lowest BCUT2D eigenvalue weighted by atomic mass is 9.99. The Kier molecular flexibility index (Phi) is 7.62. The summed E-state index contributed by atoms with van der Waals surface area (Å²) < 4.78 is 13.4. The average molecular weight is 523 g/mol. The molecular formula is C29H26N6O2S. The predicted molar refractivity (Wildman–Crippen MR) is 149 cm³/mol. The summed E-state index contributed by atoms with van der Waals surface area (Å²) in [4.78, 5) is 15.1. The zero-order valence-corrected chi connectivity index (χ0v) is 21.9. The maximum atomic E-state index is 9.91. The largest absolute Gasteiger partial charge is 0.497 e. The zero-order valence-electron chi connectivity index (χ0n) is 21.1. The molecule has 38 heavy (non-hydrogen) atoms. The Morgan fingerprint density at radius 2 is 1.95 bits per heavy atom. The maximum absolute atomic E-state index is 9.91. The SMILES string of the molecule is COc1cccc(-c2c(-c3ccnc(Nc4cccc(OCCCn5ccnc5)c4)n3)sc(C)c2C#N)c1. The van der Waals surface area contributed by atoms with Crippen molar-refractivity contribution in [1.82, 2.24) is 19.5 Å². The Labute approximate surface area is 225 Å². The van der Waals surface area contributed by atoms with E-state index >= 15 is 0 Å². The highest BCUT2D eigenvalue weighted by Crippen LogP contribution is 2.43. The first kappa shape index (κ1) is 25.0. The van der Waals surface area contributed by atoms with Crippen molar-refractivity contribution in [3.63, 3.8) is 0 Å². The standard InChI is InChI=1S/C29H26N6O2S/c1-20-25(18-30)27(21-6-3-8-23(16-21)36-2)28(38-20)26-10-11-32-29(34-26)33-22-7-4-9-24(17-22)37-15-5-13-35-14-12-31-19-35/h3-4,6-12,14,16-17,19H,5,13,15H2,1-2H3,(H,32,33,34).